The summed E-state index contributed by atoms with van der Waals surface area (Å²) in [5.74, 6) is 0.782. The average molecular weight is 382 g/mol. The molecular formula is C25H39N3. The lowest BCUT2D eigenvalue weighted by atomic mass is 9.76. The Balaban J connectivity index is 2.57. The molecule has 0 amide bonds. The first-order valence-corrected chi connectivity index (χ1v) is 10.6. The van der Waals surface area contributed by atoms with Gasteiger partial charge >= 0.3 is 0 Å². The van der Waals surface area contributed by atoms with Gasteiger partial charge in [-0.3, -0.25) is 4.98 Å². The van der Waals surface area contributed by atoms with E-state index in [4.69, 9.17) is 4.98 Å². The smallest absolute Gasteiger partial charge is 0.115 e. The SMILES string of the molecule is Cc1cc(CC(C)(C)c2c(C)ncnc2C(C)C)nc(C(C)C)c1C(C)(C)C. The van der Waals surface area contributed by atoms with Gasteiger partial charge in [0.15, 0.2) is 0 Å². The molecule has 0 bridgehead atoms. The van der Waals surface area contributed by atoms with Crippen molar-refractivity contribution >= 4 is 0 Å². The van der Waals surface area contributed by atoms with E-state index in [0.717, 1.165) is 23.5 Å². The summed E-state index contributed by atoms with van der Waals surface area (Å²) in [6, 6.07) is 2.29. The van der Waals surface area contributed by atoms with Gasteiger partial charge in [0, 0.05) is 22.6 Å². The van der Waals surface area contributed by atoms with Gasteiger partial charge in [0.25, 0.3) is 0 Å². The third kappa shape index (κ3) is 4.61. The highest BCUT2D eigenvalue weighted by Gasteiger charge is 2.30. The van der Waals surface area contributed by atoms with Crippen LogP contribution in [0.15, 0.2) is 12.4 Å². The fourth-order valence-corrected chi connectivity index (χ4v) is 4.56. The zero-order chi connectivity index (χ0) is 21.4. The Hall–Kier alpha value is -1.77. The van der Waals surface area contributed by atoms with Crippen molar-refractivity contribution in [2.24, 2.45) is 0 Å². The summed E-state index contributed by atoms with van der Waals surface area (Å²) in [7, 11) is 0. The summed E-state index contributed by atoms with van der Waals surface area (Å²) in [5, 5.41) is 0. The van der Waals surface area contributed by atoms with E-state index >= 15 is 0 Å². The first-order valence-electron chi connectivity index (χ1n) is 10.6. The molecule has 0 unspecified atom stereocenters. The summed E-state index contributed by atoms with van der Waals surface area (Å²) >= 11 is 0. The molecule has 2 aromatic rings. The van der Waals surface area contributed by atoms with E-state index in [1.807, 2.05) is 0 Å². The summed E-state index contributed by atoms with van der Waals surface area (Å²) in [6.45, 7) is 24.7. The van der Waals surface area contributed by atoms with Crippen molar-refractivity contribution < 1.29 is 0 Å². The van der Waals surface area contributed by atoms with Gasteiger partial charge in [-0.2, -0.15) is 0 Å². The Morgan fingerprint density at radius 2 is 1.39 bits per heavy atom. The number of pyridine rings is 1. The number of hydrogen-bond donors (Lipinski definition) is 0. The largest absolute Gasteiger partial charge is 0.257 e. The monoisotopic (exact) mass is 381 g/mol. The molecule has 0 aliphatic carbocycles. The molecule has 0 N–H and O–H groups in total. The number of nitrogens with zero attached hydrogens (tertiary/aromatic N) is 3. The van der Waals surface area contributed by atoms with Crippen LogP contribution < -0.4 is 0 Å². The second kappa shape index (κ2) is 7.93. The van der Waals surface area contributed by atoms with Crippen molar-refractivity contribution in [3.8, 4) is 0 Å². The van der Waals surface area contributed by atoms with Crippen LogP contribution in [0.25, 0.3) is 0 Å². The van der Waals surface area contributed by atoms with Gasteiger partial charge < -0.3 is 0 Å². The molecule has 3 heteroatoms. The van der Waals surface area contributed by atoms with Crippen LogP contribution in [0.2, 0.25) is 0 Å². The number of aromatic nitrogens is 3. The quantitative estimate of drug-likeness (QED) is 0.589. The zero-order valence-electron chi connectivity index (χ0n) is 19.9. The van der Waals surface area contributed by atoms with Gasteiger partial charge in [-0.1, -0.05) is 62.3 Å². The zero-order valence-corrected chi connectivity index (χ0v) is 19.9. The van der Waals surface area contributed by atoms with E-state index in [1.54, 1.807) is 6.33 Å². The van der Waals surface area contributed by atoms with Crippen LogP contribution in [0, 0.1) is 13.8 Å². The summed E-state index contributed by atoms with van der Waals surface area (Å²) in [4.78, 5) is 14.3. The highest BCUT2D eigenvalue weighted by atomic mass is 14.9. The lowest BCUT2D eigenvalue weighted by Crippen LogP contribution is -2.27. The van der Waals surface area contributed by atoms with Crippen LogP contribution in [0.4, 0.5) is 0 Å². The van der Waals surface area contributed by atoms with E-state index in [1.165, 1.54) is 22.4 Å². The molecule has 0 aliphatic heterocycles. The maximum absolute atomic E-state index is 5.17. The third-order valence-electron chi connectivity index (χ3n) is 5.51. The fourth-order valence-electron chi connectivity index (χ4n) is 4.56. The second-order valence-corrected chi connectivity index (χ2v) is 10.5. The minimum absolute atomic E-state index is 0.0815. The van der Waals surface area contributed by atoms with Crippen LogP contribution in [0.5, 0.6) is 0 Å². The van der Waals surface area contributed by atoms with Gasteiger partial charge in [0.2, 0.25) is 0 Å². The maximum atomic E-state index is 5.17. The van der Waals surface area contributed by atoms with Gasteiger partial charge in [-0.15, -0.1) is 0 Å². The highest BCUT2D eigenvalue weighted by Crippen LogP contribution is 2.36. The number of aryl methyl sites for hydroxylation is 2. The van der Waals surface area contributed by atoms with Crippen molar-refractivity contribution in [3.05, 3.63) is 51.9 Å². The predicted octanol–water partition coefficient (Wildman–Crippen LogP) is 6.55. The Kier molecular flexibility index (Phi) is 6.37. The Morgan fingerprint density at radius 1 is 0.821 bits per heavy atom. The molecule has 0 spiro atoms. The molecule has 0 aromatic carbocycles. The summed E-state index contributed by atoms with van der Waals surface area (Å²) in [6.07, 6.45) is 2.58. The highest BCUT2D eigenvalue weighted by molar-refractivity contribution is 5.40. The first-order chi connectivity index (χ1) is 12.8. The van der Waals surface area contributed by atoms with Crippen molar-refractivity contribution in [3.63, 3.8) is 0 Å². The van der Waals surface area contributed by atoms with Crippen LogP contribution in [0.1, 0.15) is 114 Å². The summed E-state index contributed by atoms with van der Waals surface area (Å²) < 4.78 is 0. The van der Waals surface area contributed by atoms with Gasteiger partial charge in [0.05, 0.1) is 5.69 Å². The molecule has 2 heterocycles. The maximum Gasteiger partial charge on any atom is 0.115 e. The lowest BCUT2D eigenvalue weighted by molar-refractivity contribution is 0.492. The molecule has 0 atom stereocenters. The van der Waals surface area contributed by atoms with E-state index in [9.17, 15) is 0 Å². The van der Waals surface area contributed by atoms with Crippen LogP contribution in [-0.4, -0.2) is 15.0 Å². The average Bonchev–Trinajstić information content (AvgIpc) is 2.51. The molecule has 154 valence electrons. The Labute approximate surface area is 172 Å². The fraction of sp³-hybridized carbons (Fsp3) is 0.640. The van der Waals surface area contributed by atoms with Gasteiger partial charge in [0.1, 0.15) is 6.33 Å². The van der Waals surface area contributed by atoms with Crippen molar-refractivity contribution in [1.82, 2.24) is 15.0 Å². The minimum atomic E-state index is -0.0815. The van der Waals surface area contributed by atoms with Crippen LogP contribution in [0.3, 0.4) is 0 Å². The first kappa shape index (κ1) is 22.5. The van der Waals surface area contributed by atoms with Crippen molar-refractivity contribution in [2.75, 3.05) is 0 Å². The molecule has 0 radical (unpaired) electrons. The van der Waals surface area contributed by atoms with E-state index in [2.05, 4.69) is 92.2 Å². The number of hydrogen-bond acceptors (Lipinski definition) is 3. The molecular weight excluding hydrogens is 342 g/mol. The molecule has 2 rings (SSSR count). The van der Waals surface area contributed by atoms with Crippen molar-refractivity contribution in [2.45, 2.75) is 105 Å². The van der Waals surface area contributed by atoms with E-state index in [0.29, 0.717) is 11.8 Å². The molecule has 2 aromatic heterocycles. The van der Waals surface area contributed by atoms with E-state index < -0.39 is 0 Å². The van der Waals surface area contributed by atoms with Crippen LogP contribution >= 0.6 is 0 Å². The molecule has 0 saturated heterocycles. The third-order valence-corrected chi connectivity index (χ3v) is 5.51. The Morgan fingerprint density at radius 3 is 1.89 bits per heavy atom. The van der Waals surface area contributed by atoms with Crippen LogP contribution in [-0.2, 0) is 17.3 Å². The van der Waals surface area contributed by atoms with Gasteiger partial charge in [-0.05, 0) is 60.1 Å². The molecule has 0 aliphatic rings. The number of rotatable bonds is 5. The minimum Gasteiger partial charge on any atom is -0.257 e. The molecule has 3 nitrogen and oxygen atoms in total. The second-order valence-electron chi connectivity index (χ2n) is 10.5. The molecule has 28 heavy (non-hydrogen) atoms. The summed E-state index contributed by atoms with van der Waals surface area (Å²) in [5.41, 5.74) is 8.67. The Bertz CT molecular complexity index is 840. The molecule has 0 fully saturated rings. The topological polar surface area (TPSA) is 38.7 Å². The molecule has 0 saturated carbocycles. The van der Waals surface area contributed by atoms with Gasteiger partial charge in [-0.25, -0.2) is 9.97 Å². The lowest BCUT2D eigenvalue weighted by Gasteiger charge is -2.31. The standard InChI is InChI=1S/C25H39N3/c1-15(2)22-21(18(6)26-14-27-22)25(10,11)13-19-12-17(5)20(24(7,8)9)23(28-19)16(3)4/h12,14-16H,13H2,1-11H3. The normalized spacial score (nSPS) is 12.9. The van der Waals surface area contributed by atoms with Crippen molar-refractivity contribution in [1.29, 1.82) is 0 Å². The predicted molar refractivity (Wildman–Crippen MR) is 119 cm³/mol. The van der Waals surface area contributed by atoms with E-state index in [-0.39, 0.29) is 10.8 Å².